The van der Waals surface area contributed by atoms with Crippen molar-refractivity contribution in [1.29, 1.82) is 0 Å². The van der Waals surface area contributed by atoms with Crippen LogP contribution in [0.5, 0.6) is 0 Å². The summed E-state index contributed by atoms with van der Waals surface area (Å²) in [6, 6.07) is 10.5. The zero-order valence-corrected chi connectivity index (χ0v) is 22.1. The van der Waals surface area contributed by atoms with E-state index >= 15 is 0 Å². The average Bonchev–Trinajstić information content (AvgIpc) is 3.22. The minimum atomic E-state index is -3.43. The van der Waals surface area contributed by atoms with E-state index in [9.17, 15) is 22.0 Å². The standard InChI is InChI=1S/C24H26ClF2N5O3S2/c25-16-4-1-3-15(13-16)14-29-9-12-37(34,35)32-10-7-17(8-11-32)30-24-31-23(28)22(36-24)21(33)20-18(26)5-2-6-19(20)27/h1-6,13,17,29H,7-12,14,28H2,(H,30,31). The van der Waals surface area contributed by atoms with Crippen LogP contribution < -0.4 is 16.4 Å². The molecule has 0 saturated carbocycles. The molecule has 0 aliphatic carbocycles. The van der Waals surface area contributed by atoms with Crippen LogP contribution in [-0.4, -0.2) is 54.9 Å². The predicted molar refractivity (Wildman–Crippen MR) is 141 cm³/mol. The van der Waals surface area contributed by atoms with Gasteiger partial charge in [-0.3, -0.25) is 4.79 Å². The fourth-order valence-electron chi connectivity index (χ4n) is 4.05. The van der Waals surface area contributed by atoms with E-state index in [-0.39, 0.29) is 22.5 Å². The molecule has 4 rings (SSSR count). The Bertz CT molecular complexity index is 1360. The second-order valence-electron chi connectivity index (χ2n) is 8.60. The second kappa shape index (κ2) is 11.8. The number of halogens is 3. The SMILES string of the molecule is Nc1nc(NC2CCN(S(=O)(=O)CCNCc3cccc(Cl)c3)CC2)sc1C(=O)c1c(F)cccc1F. The number of nitrogens with zero attached hydrogens (tertiary/aromatic N) is 2. The topological polar surface area (TPSA) is 117 Å². The molecule has 1 aliphatic rings. The summed E-state index contributed by atoms with van der Waals surface area (Å²) in [5.74, 6) is -2.96. The van der Waals surface area contributed by atoms with Gasteiger partial charge < -0.3 is 16.4 Å². The molecule has 198 valence electrons. The first-order valence-corrected chi connectivity index (χ1v) is 14.4. The highest BCUT2D eigenvalue weighted by Crippen LogP contribution is 2.30. The lowest BCUT2D eigenvalue weighted by molar-refractivity contribution is 0.103. The summed E-state index contributed by atoms with van der Waals surface area (Å²) in [5, 5.41) is 7.27. The molecule has 0 bridgehead atoms. The molecule has 8 nitrogen and oxygen atoms in total. The number of hydrogen-bond acceptors (Lipinski definition) is 8. The van der Waals surface area contributed by atoms with Crippen LogP contribution >= 0.6 is 22.9 Å². The van der Waals surface area contributed by atoms with Crippen molar-refractivity contribution >= 4 is 49.7 Å². The maximum Gasteiger partial charge on any atom is 0.215 e. The van der Waals surface area contributed by atoms with Gasteiger partial charge in [0.15, 0.2) is 5.13 Å². The van der Waals surface area contributed by atoms with E-state index in [0.29, 0.717) is 49.2 Å². The molecular formula is C24H26ClF2N5O3S2. The van der Waals surface area contributed by atoms with Crippen molar-refractivity contribution < 1.29 is 22.0 Å². The highest BCUT2D eigenvalue weighted by Gasteiger charge is 2.29. The van der Waals surface area contributed by atoms with Crippen LogP contribution in [0.3, 0.4) is 0 Å². The molecule has 1 aliphatic heterocycles. The van der Waals surface area contributed by atoms with E-state index in [0.717, 1.165) is 29.0 Å². The molecule has 0 spiro atoms. The summed E-state index contributed by atoms with van der Waals surface area (Å²) in [4.78, 5) is 16.7. The van der Waals surface area contributed by atoms with E-state index in [1.807, 2.05) is 18.2 Å². The summed E-state index contributed by atoms with van der Waals surface area (Å²) in [6.45, 7) is 1.50. The Labute approximate surface area is 222 Å². The average molecular weight is 570 g/mol. The van der Waals surface area contributed by atoms with Crippen molar-refractivity contribution in [3.05, 3.63) is 75.1 Å². The van der Waals surface area contributed by atoms with E-state index < -0.39 is 33.0 Å². The Morgan fingerprint density at radius 3 is 2.51 bits per heavy atom. The van der Waals surface area contributed by atoms with Crippen LogP contribution in [0.15, 0.2) is 42.5 Å². The van der Waals surface area contributed by atoms with Gasteiger partial charge in [0.05, 0.1) is 11.3 Å². The van der Waals surface area contributed by atoms with Gasteiger partial charge in [0.2, 0.25) is 15.8 Å². The fourth-order valence-corrected chi connectivity index (χ4v) is 6.60. The minimum absolute atomic E-state index is 0.0211. The number of nitrogen functional groups attached to an aromatic ring is 1. The molecule has 1 saturated heterocycles. The van der Waals surface area contributed by atoms with Gasteiger partial charge in [-0.1, -0.05) is 41.1 Å². The molecule has 2 heterocycles. The van der Waals surface area contributed by atoms with E-state index in [4.69, 9.17) is 17.3 Å². The zero-order valence-electron chi connectivity index (χ0n) is 19.7. The predicted octanol–water partition coefficient (Wildman–Crippen LogP) is 3.88. The Morgan fingerprint density at radius 1 is 1.16 bits per heavy atom. The van der Waals surface area contributed by atoms with Crippen LogP contribution in [0, 0.1) is 11.6 Å². The quantitative estimate of drug-likeness (QED) is 0.250. The van der Waals surface area contributed by atoms with Crippen molar-refractivity contribution in [3.8, 4) is 0 Å². The first kappa shape index (κ1) is 27.4. The first-order valence-electron chi connectivity index (χ1n) is 11.6. The molecule has 1 fully saturated rings. The summed E-state index contributed by atoms with van der Waals surface area (Å²) in [6.07, 6.45) is 1.06. The fraction of sp³-hybridized carbons (Fsp3) is 0.333. The molecule has 13 heteroatoms. The normalized spacial score (nSPS) is 15.1. The third-order valence-electron chi connectivity index (χ3n) is 5.98. The molecule has 0 radical (unpaired) electrons. The number of rotatable bonds is 10. The third-order valence-corrected chi connectivity index (χ3v) is 9.09. The van der Waals surface area contributed by atoms with Gasteiger partial charge in [-0.15, -0.1) is 0 Å². The molecule has 1 aromatic heterocycles. The van der Waals surface area contributed by atoms with Crippen molar-refractivity contribution in [1.82, 2.24) is 14.6 Å². The molecule has 2 aromatic carbocycles. The molecule has 4 N–H and O–H groups in total. The molecule has 37 heavy (non-hydrogen) atoms. The van der Waals surface area contributed by atoms with Crippen molar-refractivity contribution in [2.24, 2.45) is 0 Å². The second-order valence-corrected chi connectivity index (χ2v) is 12.1. The Morgan fingerprint density at radius 2 is 1.84 bits per heavy atom. The third kappa shape index (κ3) is 6.82. The number of thiazole rings is 1. The highest BCUT2D eigenvalue weighted by molar-refractivity contribution is 7.89. The van der Waals surface area contributed by atoms with Gasteiger partial charge in [-0.2, -0.15) is 0 Å². The lowest BCUT2D eigenvalue weighted by Gasteiger charge is -2.31. The van der Waals surface area contributed by atoms with Gasteiger partial charge in [0.1, 0.15) is 22.3 Å². The zero-order chi connectivity index (χ0) is 26.6. The monoisotopic (exact) mass is 569 g/mol. The summed E-state index contributed by atoms with van der Waals surface area (Å²) in [7, 11) is -3.43. The number of sulfonamides is 1. The molecule has 0 atom stereocenters. The maximum atomic E-state index is 14.0. The number of ketones is 1. The van der Waals surface area contributed by atoms with E-state index in [1.165, 1.54) is 10.4 Å². The minimum Gasteiger partial charge on any atom is -0.382 e. The summed E-state index contributed by atoms with van der Waals surface area (Å²) in [5.41, 5.74) is 6.16. The maximum absolute atomic E-state index is 14.0. The number of carbonyl (C=O) groups is 1. The van der Waals surface area contributed by atoms with Gasteiger partial charge in [-0.25, -0.2) is 26.5 Å². The van der Waals surface area contributed by atoms with Crippen LogP contribution in [0.25, 0.3) is 0 Å². The number of carbonyl (C=O) groups excluding carboxylic acids is 1. The summed E-state index contributed by atoms with van der Waals surface area (Å²) < 4.78 is 55.0. The van der Waals surface area contributed by atoms with Crippen LogP contribution in [0.1, 0.15) is 33.6 Å². The summed E-state index contributed by atoms with van der Waals surface area (Å²) >= 11 is 6.88. The van der Waals surface area contributed by atoms with E-state index in [2.05, 4.69) is 15.6 Å². The molecule has 0 unspecified atom stereocenters. The lowest BCUT2D eigenvalue weighted by atomic mass is 10.1. The number of piperidine rings is 1. The number of nitrogens with one attached hydrogen (secondary N) is 2. The van der Waals surface area contributed by atoms with E-state index in [1.54, 1.807) is 6.07 Å². The Balaban J connectivity index is 1.27. The Kier molecular flexibility index (Phi) is 8.75. The number of anilines is 2. The smallest absolute Gasteiger partial charge is 0.215 e. The van der Waals surface area contributed by atoms with Gasteiger partial charge >= 0.3 is 0 Å². The van der Waals surface area contributed by atoms with Crippen molar-refractivity contribution in [2.45, 2.75) is 25.4 Å². The van der Waals surface area contributed by atoms with Gasteiger partial charge in [0.25, 0.3) is 0 Å². The first-order chi connectivity index (χ1) is 17.6. The van der Waals surface area contributed by atoms with Crippen LogP contribution in [-0.2, 0) is 16.6 Å². The number of hydrogen-bond donors (Lipinski definition) is 3. The largest absolute Gasteiger partial charge is 0.382 e. The lowest BCUT2D eigenvalue weighted by Crippen LogP contribution is -2.44. The van der Waals surface area contributed by atoms with Crippen LogP contribution in [0.2, 0.25) is 5.02 Å². The number of aromatic nitrogens is 1. The molecular weight excluding hydrogens is 544 g/mol. The van der Waals surface area contributed by atoms with Crippen molar-refractivity contribution in [2.75, 3.05) is 36.4 Å². The molecule has 0 amide bonds. The van der Waals surface area contributed by atoms with Crippen molar-refractivity contribution in [3.63, 3.8) is 0 Å². The Hall–Kier alpha value is -2.64. The van der Waals surface area contributed by atoms with Gasteiger partial charge in [-0.05, 0) is 42.7 Å². The molecule has 3 aromatic rings. The number of benzene rings is 2. The van der Waals surface area contributed by atoms with Gasteiger partial charge in [0, 0.05) is 37.2 Å². The highest BCUT2D eigenvalue weighted by atomic mass is 35.5. The van der Waals surface area contributed by atoms with Crippen LogP contribution in [0.4, 0.5) is 19.7 Å². The number of nitrogens with two attached hydrogens (primary N) is 1.